The summed E-state index contributed by atoms with van der Waals surface area (Å²) < 4.78 is 5.30. The first-order valence-electron chi connectivity index (χ1n) is 5.70. The fourth-order valence-electron chi connectivity index (χ4n) is 1.51. The van der Waals surface area contributed by atoms with E-state index in [4.69, 9.17) is 4.74 Å². The summed E-state index contributed by atoms with van der Waals surface area (Å²) in [5.74, 6) is 0. The average Bonchev–Trinajstić information content (AvgIpc) is 2.75. The van der Waals surface area contributed by atoms with Crippen LogP contribution in [0.5, 0.6) is 0 Å². The van der Waals surface area contributed by atoms with Gasteiger partial charge in [0, 0.05) is 24.1 Å². The van der Waals surface area contributed by atoms with Crippen molar-refractivity contribution in [3.63, 3.8) is 0 Å². The van der Waals surface area contributed by atoms with Gasteiger partial charge in [0.25, 0.3) is 0 Å². The Morgan fingerprint density at radius 3 is 2.93 bits per heavy atom. The van der Waals surface area contributed by atoms with Crippen molar-refractivity contribution in [3.05, 3.63) is 22.4 Å². The summed E-state index contributed by atoms with van der Waals surface area (Å²) in [5, 5.41) is 5.67. The van der Waals surface area contributed by atoms with E-state index in [1.165, 1.54) is 11.3 Å². The summed E-state index contributed by atoms with van der Waals surface area (Å²) in [6.45, 7) is 6.84. The molecule has 0 amide bonds. The molecular weight excluding hydrogens is 206 g/mol. The van der Waals surface area contributed by atoms with Crippen LogP contribution in [0.3, 0.4) is 0 Å². The minimum absolute atomic E-state index is 0.587. The van der Waals surface area contributed by atoms with Gasteiger partial charge in [0.05, 0.1) is 6.61 Å². The number of nitrogens with one attached hydrogen (secondary N) is 1. The highest BCUT2D eigenvalue weighted by Gasteiger charge is 2.06. The Bertz CT molecular complexity index is 236. The second kappa shape index (κ2) is 7.85. The van der Waals surface area contributed by atoms with Crippen LogP contribution in [-0.2, 0) is 11.2 Å². The second-order valence-electron chi connectivity index (χ2n) is 3.54. The molecule has 1 unspecified atom stereocenters. The molecule has 1 aromatic rings. The first-order chi connectivity index (χ1) is 7.36. The van der Waals surface area contributed by atoms with Crippen molar-refractivity contribution in [1.29, 1.82) is 0 Å². The van der Waals surface area contributed by atoms with Gasteiger partial charge in [-0.1, -0.05) is 13.0 Å². The highest BCUT2D eigenvalue weighted by molar-refractivity contribution is 7.09. The van der Waals surface area contributed by atoms with Gasteiger partial charge in [-0.2, -0.15) is 0 Å². The number of hydrogen-bond donors (Lipinski definition) is 1. The Labute approximate surface area is 96.7 Å². The molecular formula is C12H21NOS. The Morgan fingerprint density at radius 1 is 1.47 bits per heavy atom. The van der Waals surface area contributed by atoms with Crippen molar-refractivity contribution in [1.82, 2.24) is 5.32 Å². The van der Waals surface area contributed by atoms with E-state index in [2.05, 4.69) is 29.8 Å². The number of ether oxygens (including phenoxy) is 1. The molecule has 15 heavy (non-hydrogen) atoms. The lowest BCUT2D eigenvalue weighted by Gasteiger charge is -2.15. The van der Waals surface area contributed by atoms with Crippen LogP contribution in [0.15, 0.2) is 17.5 Å². The minimum atomic E-state index is 0.587. The Hall–Kier alpha value is -0.380. The molecule has 3 heteroatoms. The zero-order valence-corrected chi connectivity index (χ0v) is 10.5. The van der Waals surface area contributed by atoms with E-state index in [-0.39, 0.29) is 0 Å². The van der Waals surface area contributed by atoms with Gasteiger partial charge in [0.2, 0.25) is 0 Å². The van der Waals surface area contributed by atoms with Gasteiger partial charge < -0.3 is 10.1 Å². The summed E-state index contributed by atoms with van der Waals surface area (Å²) in [7, 11) is 0. The number of rotatable bonds is 8. The third kappa shape index (κ3) is 5.30. The maximum Gasteiger partial charge on any atom is 0.0590 e. The summed E-state index contributed by atoms with van der Waals surface area (Å²) in [5.41, 5.74) is 0. The minimum Gasteiger partial charge on any atom is -0.380 e. The average molecular weight is 227 g/mol. The number of hydrogen-bond acceptors (Lipinski definition) is 3. The highest BCUT2D eigenvalue weighted by atomic mass is 32.1. The topological polar surface area (TPSA) is 21.3 Å². The maximum atomic E-state index is 5.30. The van der Waals surface area contributed by atoms with Gasteiger partial charge in [-0.25, -0.2) is 0 Å². The third-order valence-electron chi connectivity index (χ3n) is 2.40. The van der Waals surface area contributed by atoms with Crippen molar-refractivity contribution < 1.29 is 4.74 Å². The standard InChI is InChI=1S/C12H21NOS/c1-3-11(13-7-8-14-4-2)10-12-6-5-9-15-12/h5-6,9,11,13H,3-4,7-8,10H2,1-2H3. The lowest BCUT2D eigenvalue weighted by atomic mass is 10.1. The molecule has 0 aliphatic heterocycles. The summed E-state index contributed by atoms with van der Waals surface area (Å²) in [6, 6.07) is 4.91. The SMILES string of the molecule is CCOCCNC(CC)Cc1cccs1. The molecule has 1 N–H and O–H groups in total. The van der Waals surface area contributed by atoms with E-state index in [0.717, 1.165) is 26.2 Å². The molecule has 0 bridgehead atoms. The van der Waals surface area contributed by atoms with E-state index in [0.29, 0.717) is 6.04 Å². The predicted octanol–water partition coefficient (Wildman–Crippen LogP) is 2.70. The zero-order valence-electron chi connectivity index (χ0n) is 9.66. The molecule has 86 valence electrons. The van der Waals surface area contributed by atoms with Crippen LogP contribution < -0.4 is 5.32 Å². The van der Waals surface area contributed by atoms with Gasteiger partial charge in [0.15, 0.2) is 0 Å². The van der Waals surface area contributed by atoms with Crippen LogP contribution in [0.1, 0.15) is 25.1 Å². The van der Waals surface area contributed by atoms with Crippen LogP contribution in [0.2, 0.25) is 0 Å². The van der Waals surface area contributed by atoms with Crippen molar-refractivity contribution in [3.8, 4) is 0 Å². The third-order valence-corrected chi connectivity index (χ3v) is 3.30. The molecule has 0 aliphatic rings. The van der Waals surface area contributed by atoms with Crippen molar-refractivity contribution >= 4 is 11.3 Å². The Morgan fingerprint density at radius 2 is 2.33 bits per heavy atom. The number of thiophene rings is 1. The molecule has 1 heterocycles. The molecule has 0 saturated heterocycles. The van der Waals surface area contributed by atoms with E-state index in [1.807, 2.05) is 18.3 Å². The fourth-order valence-corrected chi connectivity index (χ4v) is 2.30. The van der Waals surface area contributed by atoms with Crippen molar-refractivity contribution in [2.24, 2.45) is 0 Å². The van der Waals surface area contributed by atoms with Gasteiger partial charge in [-0.05, 0) is 31.2 Å². The van der Waals surface area contributed by atoms with Crippen molar-refractivity contribution in [2.75, 3.05) is 19.8 Å². The van der Waals surface area contributed by atoms with Gasteiger partial charge in [-0.15, -0.1) is 11.3 Å². The maximum absolute atomic E-state index is 5.30. The molecule has 0 aromatic carbocycles. The van der Waals surface area contributed by atoms with E-state index < -0.39 is 0 Å². The smallest absolute Gasteiger partial charge is 0.0590 e. The van der Waals surface area contributed by atoms with Crippen LogP contribution in [0.4, 0.5) is 0 Å². The van der Waals surface area contributed by atoms with Gasteiger partial charge >= 0.3 is 0 Å². The lowest BCUT2D eigenvalue weighted by Crippen LogP contribution is -2.33. The molecule has 0 aliphatic carbocycles. The predicted molar refractivity (Wildman–Crippen MR) is 66.6 cm³/mol. The first kappa shape index (κ1) is 12.7. The molecule has 0 saturated carbocycles. The first-order valence-corrected chi connectivity index (χ1v) is 6.58. The lowest BCUT2D eigenvalue weighted by molar-refractivity contribution is 0.146. The monoisotopic (exact) mass is 227 g/mol. The van der Waals surface area contributed by atoms with Gasteiger partial charge in [0.1, 0.15) is 0 Å². The molecule has 0 spiro atoms. The molecule has 0 radical (unpaired) electrons. The summed E-state index contributed by atoms with van der Waals surface area (Å²) >= 11 is 1.84. The molecule has 1 aromatic heterocycles. The fraction of sp³-hybridized carbons (Fsp3) is 0.667. The van der Waals surface area contributed by atoms with Crippen LogP contribution in [0.25, 0.3) is 0 Å². The normalized spacial score (nSPS) is 12.9. The Kier molecular flexibility index (Phi) is 6.64. The Balaban J connectivity index is 2.18. The highest BCUT2D eigenvalue weighted by Crippen LogP contribution is 2.12. The van der Waals surface area contributed by atoms with E-state index >= 15 is 0 Å². The summed E-state index contributed by atoms with van der Waals surface area (Å²) in [4.78, 5) is 1.46. The van der Waals surface area contributed by atoms with Crippen molar-refractivity contribution in [2.45, 2.75) is 32.7 Å². The molecule has 0 fully saturated rings. The second-order valence-corrected chi connectivity index (χ2v) is 4.57. The molecule has 1 rings (SSSR count). The molecule has 1 atom stereocenters. The largest absolute Gasteiger partial charge is 0.380 e. The summed E-state index contributed by atoms with van der Waals surface area (Å²) in [6.07, 6.45) is 2.31. The van der Waals surface area contributed by atoms with Crippen LogP contribution >= 0.6 is 11.3 Å². The van der Waals surface area contributed by atoms with Crippen LogP contribution in [-0.4, -0.2) is 25.8 Å². The molecule has 2 nitrogen and oxygen atoms in total. The van der Waals surface area contributed by atoms with Gasteiger partial charge in [-0.3, -0.25) is 0 Å². The van der Waals surface area contributed by atoms with E-state index in [1.54, 1.807) is 0 Å². The zero-order chi connectivity index (χ0) is 10.9. The van der Waals surface area contributed by atoms with E-state index in [9.17, 15) is 0 Å². The quantitative estimate of drug-likeness (QED) is 0.689. The van der Waals surface area contributed by atoms with Crippen LogP contribution in [0, 0.1) is 0 Å².